The SMILES string of the molecule is CNC(c1cc2cc(Cl)ccc2o1)c1ccccc1F. The van der Waals surface area contributed by atoms with E-state index in [1.807, 2.05) is 24.3 Å². The molecule has 2 nitrogen and oxygen atoms in total. The van der Waals surface area contributed by atoms with Crippen molar-refractivity contribution in [3.63, 3.8) is 0 Å². The number of rotatable bonds is 3. The molecule has 0 aliphatic rings. The summed E-state index contributed by atoms with van der Waals surface area (Å²) in [5.74, 6) is 0.403. The molecule has 0 spiro atoms. The van der Waals surface area contributed by atoms with Crippen LogP contribution in [0.3, 0.4) is 0 Å². The van der Waals surface area contributed by atoms with Crippen LogP contribution in [-0.4, -0.2) is 7.05 Å². The average molecular weight is 290 g/mol. The van der Waals surface area contributed by atoms with Crippen LogP contribution in [0.25, 0.3) is 11.0 Å². The molecule has 0 aliphatic carbocycles. The normalized spacial score (nSPS) is 12.8. The first kappa shape index (κ1) is 13.2. The van der Waals surface area contributed by atoms with Crippen LogP contribution in [0.4, 0.5) is 4.39 Å². The zero-order valence-corrected chi connectivity index (χ0v) is 11.6. The molecule has 0 radical (unpaired) electrons. The Balaban J connectivity index is 2.10. The van der Waals surface area contributed by atoms with Gasteiger partial charge in [0.15, 0.2) is 0 Å². The topological polar surface area (TPSA) is 25.2 Å². The summed E-state index contributed by atoms with van der Waals surface area (Å²) in [6, 6.07) is 13.6. The molecule has 3 rings (SSSR count). The molecule has 1 atom stereocenters. The lowest BCUT2D eigenvalue weighted by molar-refractivity contribution is 0.476. The maximum absolute atomic E-state index is 13.9. The van der Waals surface area contributed by atoms with Gasteiger partial charge >= 0.3 is 0 Å². The van der Waals surface area contributed by atoms with E-state index >= 15 is 0 Å². The number of nitrogens with one attached hydrogen (secondary N) is 1. The van der Waals surface area contributed by atoms with E-state index in [2.05, 4.69) is 5.32 Å². The van der Waals surface area contributed by atoms with Crippen molar-refractivity contribution in [3.05, 3.63) is 70.7 Å². The second-order valence-corrected chi connectivity index (χ2v) is 5.01. The molecular weight excluding hydrogens is 277 g/mol. The smallest absolute Gasteiger partial charge is 0.134 e. The van der Waals surface area contributed by atoms with Crippen molar-refractivity contribution in [2.45, 2.75) is 6.04 Å². The summed E-state index contributed by atoms with van der Waals surface area (Å²) in [7, 11) is 1.78. The number of hydrogen-bond donors (Lipinski definition) is 1. The van der Waals surface area contributed by atoms with Crippen molar-refractivity contribution < 1.29 is 8.81 Å². The average Bonchev–Trinajstić information content (AvgIpc) is 2.84. The fourth-order valence-electron chi connectivity index (χ4n) is 2.34. The largest absolute Gasteiger partial charge is 0.459 e. The summed E-state index contributed by atoms with van der Waals surface area (Å²) in [5, 5.41) is 4.64. The molecule has 0 saturated heterocycles. The minimum Gasteiger partial charge on any atom is -0.459 e. The molecule has 0 amide bonds. The fraction of sp³-hybridized carbons (Fsp3) is 0.125. The van der Waals surface area contributed by atoms with Gasteiger partial charge in [-0.25, -0.2) is 4.39 Å². The number of hydrogen-bond acceptors (Lipinski definition) is 2. The molecule has 3 aromatic rings. The van der Waals surface area contributed by atoms with E-state index in [1.54, 1.807) is 25.2 Å². The van der Waals surface area contributed by atoms with Gasteiger partial charge in [0.1, 0.15) is 17.2 Å². The third kappa shape index (κ3) is 2.30. The van der Waals surface area contributed by atoms with E-state index in [-0.39, 0.29) is 11.9 Å². The highest BCUT2D eigenvalue weighted by Gasteiger charge is 2.19. The number of furan rings is 1. The van der Waals surface area contributed by atoms with Crippen LogP contribution < -0.4 is 5.32 Å². The monoisotopic (exact) mass is 289 g/mol. The molecule has 1 N–H and O–H groups in total. The predicted molar refractivity (Wildman–Crippen MR) is 78.5 cm³/mol. The van der Waals surface area contributed by atoms with Gasteiger partial charge in [0.05, 0.1) is 6.04 Å². The van der Waals surface area contributed by atoms with Gasteiger partial charge in [-0.05, 0) is 37.4 Å². The first-order valence-electron chi connectivity index (χ1n) is 6.29. The Morgan fingerprint density at radius 2 is 1.95 bits per heavy atom. The summed E-state index contributed by atoms with van der Waals surface area (Å²) >= 11 is 5.97. The van der Waals surface area contributed by atoms with Gasteiger partial charge in [-0.3, -0.25) is 0 Å². The van der Waals surface area contributed by atoms with Gasteiger partial charge in [0, 0.05) is 16.0 Å². The third-order valence-corrected chi connectivity index (χ3v) is 3.52. The highest BCUT2D eigenvalue weighted by Crippen LogP contribution is 2.30. The summed E-state index contributed by atoms with van der Waals surface area (Å²) in [4.78, 5) is 0. The number of benzene rings is 2. The van der Waals surface area contributed by atoms with Crippen LogP contribution in [0.1, 0.15) is 17.4 Å². The predicted octanol–water partition coefficient (Wildman–Crippen LogP) is 4.53. The second kappa shape index (κ2) is 5.27. The standard InChI is InChI=1S/C16H13ClFNO/c1-19-16(12-4-2-3-5-13(12)18)15-9-10-8-11(17)6-7-14(10)20-15/h2-9,16,19H,1H3. The summed E-state index contributed by atoms with van der Waals surface area (Å²) in [6.07, 6.45) is 0. The van der Waals surface area contributed by atoms with E-state index in [9.17, 15) is 4.39 Å². The molecule has 0 fully saturated rings. The maximum Gasteiger partial charge on any atom is 0.134 e. The van der Waals surface area contributed by atoms with Gasteiger partial charge in [-0.2, -0.15) is 0 Å². The Morgan fingerprint density at radius 3 is 2.70 bits per heavy atom. The molecule has 4 heteroatoms. The van der Waals surface area contributed by atoms with Crippen LogP contribution >= 0.6 is 11.6 Å². The second-order valence-electron chi connectivity index (χ2n) is 4.57. The summed E-state index contributed by atoms with van der Waals surface area (Å²) in [5.41, 5.74) is 1.29. The lowest BCUT2D eigenvalue weighted by Gasteiger charge is -2.14. The van der Waals surface area contributed by atoms with E-state index < -0.39 is 0 Å². The van der Waals surface area contributed by atoms with Crippen LogP contribution in [0.15, 0.2) is 52.9 Å². The first-order chi connectivity index (χ1) is 9.69. The van der Waals surface area contributed by atoms with E-state index in [0.29, 0.717) is 16.3 Å². The Morgan fingerprint density at radius 1 is 1.15 bits per heavy atom. The van der Waals surface area contributed by atoms with Crippen molar-refractivity contribution in [2.75, 3.05) is 7.05 Å². The van der Waals surface area contributed by atoms with Crippen molar-refractivity contribution in [1.29, 1.82) is 0 Å². The zero-order valence-electron chi connectivity index (χ0n) is 10.9. The molecular formula is C16H13ClFNO. The van der Waals surface area contributed by atoms with Gasteiger partial charge in [-0.1, -0.05) is 29.8 Å². The van der Waals surface area contributed by atoms with Gasteiger partial charge in [0.2, 0.25) is 0 Å². The molecule has 102 valence electrons. The van der Waals surface area contributed by atoms with Gasteiger partial charge in [-0.15, -0.1) is 0 Å². The molecule has 2 aromatic carbocycles. The quantitative estimate of drug-likeness (QED) is 0.766. The Hall–Kier alpha value is -1.84. The molecule has 1 aromatic heterocycles. The Kier molecular flexibility index (Phi) is 3.47. The lowest BCUT2D eigenvalue weighted by atomic mass is 10.0. The van der Waals surface area contributed by atoms with Crippen LogP contribution in [0.5, 0.6) is 0 Å². The third-order valence-electron chi connectivity index (χ3n) is 3.29. The van der Waals surface area contributed by atoms with Crippen LogP contribution in [0, 0.1) is 5.82 Å². The van der Waals surface area contributed by atoms with Crippen molar-refractivity contribution in [1.82, 2.24) is 5.32 Å². The first-order valence-corrected chi connectivity index (χ1v) is 6.67. The molecule has 20 heavy (non-hydrogen) atoms. The van der Waals surface area contributed by atoms with Crippen molar-refractivity contribution in [2.24, 2.45) is 0 Å². The molecule has 0 aliphatic heterocycles. The number of fused-ring (bicyclic) bond motifs is 1. The van der Waals surface area contributed by atoms with Crippen LogP contribution in [0.2, 0.25) is 5.02 Å². The lowest BCUT2D eigenvalue weighted by Crippen LogP contribution is -2.18. The molecule has 1 heterocycles. The molecule has 0 saturated carbocycles. The molecule has 0 bridgehead atoms. The van der Waals surface area contributed by atoms with Crippen LogP contribution in [-0.2, 0) is 0 Å². The zero-order chi connectivity index (χ0) is 14.1. The number of halogens is 2. The summed E-state index contributed by atoms with van der Waals surface area (Å²) < 4.78 is 19.7. The van der Waals surface area contributed by atoms with Crippen molar-refractivity contribution in [3.8, 4) is 0 Å². The van der Waals surface area contributed by atoms with Crippen molar-refractivity contribution >= 4 is 22.6 Å². The maximum atomic E-state index is 13.9. The van der Waals surface area contributed by atoms with Gasteiger partial charge < -0.3 is 9.73 Å². The van der Waals surface area contributed by atoms with E-state index in [1.165, 1.54) is 6.07 Å². The minimum absolute atomic E-state index is 0.259. The van der Waals surface area contributed by atoms with E-state index in [4.69, 9.17) is 16.0 Å². The highest BCUT2D eigenvalue weighted by molar-refractivity contribution is 6.31. The Labute approximate surface area is 121 Å². The molecule has 1 unspecified atom stereocenters. The summed E-state index contributed by atoms with van der Waals surface area (Å²) in [6.45, 7) is 0. The Bertz CT molecular complexity index is 753. The van der Waals surface area contributed by atoms with Gasteiger partial charge in [0.25, 0.3) is 0 Å². The fourth-order valence-corrected chi connectivity index (χ4v) is 2.52. The highest BCUT2D eigenvalue weighted by atomic mass is 35.5. The van der Waals surface area contributed by atoms with E-state index in [0.717, 1.165) is 11.0 Å². The minimum atomic E-state index is -0.331.